The van der Waals surface area contributed by atoms with Crippen molar-refractivity contribution in [1.29, 1.82) is 0 Å². The molecule has 5 heteroatoms. The van der Waals surface area contributed by atoms with Gasteiger partial charge in [-0.25, -0.2) is 14.2 Å². The van der Waals surface area contributed by atoms with Crippen molar-refractivity contribution in [2.24, 2.45) is 0 Å². The molecule has 22 heavy (non-hydrogen) atoms. The number of hydrogen-bond acceptors (Lipinski definition) is 3. The van der Waals surface area contributed by atoms with Gasteiger partial charge in [0, 0.05) is 24.3 Å². The van der Waals surface area contributed by atoms with E-state index in [9.17, 15) is 9.18 Å². The number of carbonyl (C=O) groups is 1. The van der Waals surface area contributed by atoms with Crippen molar-refractivity contribution in [2.75, 3.05) is 6.61 Å². The molecular formula is C17H15FN2O2. The van der Waals surface area contributed by atoms with Gasteiger partial charge >= 0.3 is 5.97 Å². The topological polar surface area (TPSA) is 44.1 Å². The fraction of sp³-hybridized carbons (Fsp3) is 0.176. The molecule has 0 N–H and O–H groups in total. The third-order valence-corrected chi connectivity index (χ3v) is 3.41. The van der Waals surface area contributed by atoms with E-state index in [2.05, 4.69) is 4.98 Å². The molecule has 0 aliphatic rings. The fourth-order valence-corrected chi connectivity index (χ4v) is 2.32. The summed E-state index contributed by atoms with van der Waals surface area (Å²) >= 11 is 0. The highest BCUT2D eigenvalue weighted by Crippen LogP contribution is 2.18. The van der Waals surface area contributed by atoms with Gasteiger partial charge in [-0.1, -0.05) is 12.1 Å². The number of hydrogen-bond donors (Lipinski definition) is 0. The van der Waals surface area contributed by atoms with E-state index in [4.69, 9.17) is 4.74 Å². The molecule has 0 aliphatic heterocycles. The first-order valence-electron chi connectivity index (χ1n) is 7.04. The molecule has 112 valence electrons. The monoisotopic (exact) mass is 298 g/mol. The van der Waals surface area contributed by atoms with Gasteiger partial charge in [0.15, 0.2) is 0 Å². The van der Waals surface area contributed by atoms with Crippen molar-refractivity contribution in [2.45, 2.75) is 13.5 Å². The zero-order chi connectivity index (χ0) is 15.5. The number of benzene rings is 1. The number of pyridine rings is 1. The smallest absolute Gasteiger partial charge is 0.356 e. The first-order valence-corrected chi connectivity index (χ1v) is 7.04. The van der Waals surface area contributed by atoms with E-state index in [0.717, 1.165) is 16.5 Å². The molecular weight excluding hydrogens is 283 g/mol. The Bertz CT molecular complexity index is 809. The summed E-state index contributed by atoms with van der Waals surface area (Å²) in [5.74, 6) is -0.686. The molecule has 0 saturated heterocycles. The third kappa shape index (κ3) is 2.83. The Morgan fingerprint density at radius 2 is 2.05 bits per heavy atom. The molecule has 2 aromatic heterocycles. The van der Waals surface area contributed by atoms with Crippen LogP contribution in [-0.2, 0) is 11.3 Å². The number of fused-ring (bicyclic) bond motifs is 1. The number of carbonyl (C=O) groups excluding carboxylic acids is 1. The Hall–Kier alpha value is -2.69. The van der Waals surface area contributed by atoms with E-state index in [1.807, 2.05) is 16.8 Å². The second-order valence-corrected chi connectivity index (χ2v) is 4.92. The molecule has 3 aromatic rings. The van der Waals surface area contributed by atoms with Crippen LogP contribution in [0.4, 0.5) is 4.39 Å². The summed E-state index contributed by atoms with van der Waals surface area (Å²) < 4.78 is 19.9. The molecule has 2 heterocycles. The van der Waals surface area contributed by atoms with Gasteiger partial charge in [0.05, 0.1) is 12.1 Å². The highest BCUT2D eigenvalue weighted by Gasteiger charge is 2.11. The number of aromatic nitrogens is 2. The van der Waals surface area contributed by atoms with Crippen LogP contribution >= 0.6 is 0 Å². The number of esters is 1. The van der Waals surface area contributed by atoms with E-state index in [1.54, 1.807) is 31.3 Å². The lowest BCUT2D eigenvalue weighted by Gasteiger charge is -2.07. The minimum atomic E-state index is -0.432. The number of halogens is 1. The van der Waals surface area contributed by atoms with Crippen LogP contribution in [0.25, 0.3) is 10.9 Å². The maximum absolute atomic E-state index is 13.0. The summed E-state index contributed by atoms with van der Waals surface area (Å²) in [6, 6.07) is 10.0. The van der Waals surface area contributed by atoms with Crippen LogP contribution in [0.15, 0.2) is 48.8 Å². The summed E-state index contributed by atoms with van der Waals surface area (Å²) in [5, 5.41) is 0.940. The summed E-state index contributed by atoms with van der Waals surface area (Å²) in [7, 11) is 0. The van der Waals surface area contributed by atoms with E-state index in [1.165, 1.54) is 12.1 Å². The first-order chi connectivity index (χ1) is 10.7. The van der Waals surface area contributed by atoms with Gasteiger partial charge in [0.2, 0.25) is 0 Å². The molecule has 0 fully saturated rings. The van der Waals surface area contributed by atoms with Crippen molar-refractivity contribution in [3.63, 3.8) is 0 Å². The second kappa shape index (κ2) is 5.97. The molecule has 0 saturated carbocycles. The molecule has 0 atom stereocenters. The van der Waals surface area contributed by atoms with Gasteiger partial charge in [-0.05, 0) is 36.8 Å². The van der Waals surface area contributed by atoms with Crippen molar-refractivity contribution in [3.8, 4) is 0 Å². The van der Waals surface area contributed by atoms with Crippen LogP contribution in [0.1, 0.15) is 23.0 Å². The molecule has 1 aromatic carbocycles. The Morgan fingerprint density at radius 1 is 1.27 bits per heavy atom. The standard InChI is InChI=1S/C17H15FN2O2/c1-2-22-17(21)15-9-16-13(10-19-15)7-8-20(16)11-12-3-5-14(18)6-4-12/h3-10H,2,11H2,1H3. The minimum absolute atomic E-state index is 0.255. The zero-order valence-electron chi connectivity index (χ0n) is 12.1. The predicted molar refractivity (Wildman–Crippen MR) is 81.2 cm³/mol. The maximum atomic E-state index is 13.0. The van der Waals surface area contributed by atoms with Crippen LogP contribution in [0.3, 0.4) is 0 Å². The lowest BCUT2D eigenvalue weighted by molar-refractivity contribution is 0.0519. The third-order valence-electron chi connectivity index (χ3n) is 3.41. The lowest BCUT2D eigenvalue weighted by atomic mass is 10.2. The van der Waals surface area contributed by atoms with E-state index < -0.39 is 5.97 Å². The largest absolute Gasteiger partial charge is 0.461 e. The Morgan fingerprint density at radius 3 is 2.77 bits per heavy atom. The molecule has 0 unspecified atom stereocenters. The quantitative estimate of drug-likeness (QED) is 0.693. The summed E-state index contributed by atoms with van der Waals surface area (Å²) in [5.41, 5.74) is 2.16. The highest BCUT2D eigenvalue weighted by atomic mass is 19.1. The van der Waals surface area contributed by atoms with Gasteiger partial charge in [0.25, 0.3) is 0 Å². The fourth-order valence-electron chi connectivity index (χ4n) is 2.32. The van der Waals surface area contributed by atoms with Gasteiger partial charge in [-0.15, -0.1) is 0 Å². The van der Waals surface area contributed by atoms with E-state index in [-0.39, 0.29) is 11.5 Å². The van der Waals surface area contributed by atoms with Gasteiger partial charge < -0.3 is 9.30 Å². The predicted octanol–water partition coefficient (Wildman–Crippen LogP) is 3.40. The maximum Gasteiger partial charge on any atom is 0.356 e. The van der Waals surface area contributed by atoms with Gasteiger partial charge in [-0.3, -0.25) is 0 Å². The van der Waals surface area contributed by atoms with Gasteiger partial charge in [0.1, 0.15) is 11.5 Å². The van der Waals surface area contributed by atoms with Crippen molar-refractivity contribution in [3.05, 3.63) is 65.9 Å². The van der Waals surface area contributed by atoms with E-state index >= 15 is 0 Å². The molecule has 3 rings (SSSR count). The molecule has 0 radical (unpaired) electrons. The average Bonchev–Trinajstić information content (AvgIpc) is 2.92. The first kappa shape index (κ1) is 14.3. The number of rotatable bonds is 4. The molecule has 0 bridgehead atoms. The summed E-state index contributed by atoms with van der Waals surface area (Å²) in [4.78, 5) is 15.9. The Kier molecular flexibility index (Phi) is 3.87. The summed E-state index contributed by atoms with van der Waals surface area (Å²) in [6.07, 6.45) is 3.58. The van der Waals surface area contributed by atoms with Crippen LogP contribution in [0.2, 0.25) is 0 Å². The SMILES string of the molecule is CCOC(=O)c1cc2c(ccn2Cc2ccc(F)cc2)cn1. The van der Waals surface area contributed by atoms with E-state index in [0.29, 0.717) is 13.2 Å². The molecule has 0 aliphatic carbocycles. The zero-order valence-corrected chi connectivity index (χ0v) is 12.1. The highest BCUT2D eigenvalue weighted by molar-refractivity contribution is 5.92. The summed E-state index contributed by atoms with van der Waals surface area (Å²) in [6.45, 7) is 2.67. The second-order valence-electron chi connectivity index (χ2n) is 4.92. The van der Waals surface area contributed by atoms with Crippen LogP contribution in [0, 0.1) is 5.82 Å². The van der Waals surface area contributed by atoms with Gasteiger partial charge in [-0.2, -0.15) is 0 Å². The van der Waals surface area contributed by atoms with Crippen LogP contribution < -0.4 is 0 Å². The minimum Gasteiger partial charge on any atom is -0.461 e. The number of ether oxygens (including phenoxy) is 1. The molecule has 4 nitrogen and oxygen atoms in total. The Labute approximate surface area is 127 Å². The van der Waals surface area contributed by atoms with Crippen molar-refractivity contribution < 1.29 is 13.9 Å². The van der Waals surface area contributed by atoms with Crippen molar-refractivity contribution in [1.82, 2.24) is 9.55 Å². The average molecular weight is 298 g/mol. The Balaban J connectivity index is 1.94. The molecule has 0 amide bonds. The normalized spacial score (nSPS) is 10.8. The number of nitrogens with zero attached hydrogens (tertiary/aromatic N) is 2. The lowest BCUT2D eigenvalue weighted by Crippen LogP contribution is -2.07. The van der Waals surface area contributed by atoms with Crippen molar-refractivity contribution >= 4 is 16.9 Å². The van der Waals surface area contributed by atoms with Crippen LogP contribution in [0.5, 0.6) is 0 Å². The molecule has 0 spiro atoms. The van der Waals surface area contributed by atoms with Crippen LogP contribution in [-0.4, -0.2) is 22.1 Å².